The molecule has 6 amide bonds. The summed E-state index contributed by atoms with van der Waals surface area (Å²) in [6.07, 6.45) is -8.85. The summed E-state index contributed by atoms with van der Waals surface area (Å²) in [5.41, 5.74) is -5.63. The van der Waals surface area contributed by atoms with E-state index in [1.54, 1.807) is 7.05 Å². The van der Waals surface area contributed by atoms with Crippen molar-refractivity contribution in [1.29, 1.82) is 0 Å². The van der Waals surface area contributed by atoms with Gasteiger partial charge in [0.2, 0.25) is 0 Å². The summed E-state index contributed by atoms with van der Waals surface area (Å²) in [4.78, 5) is 69.6. The van der Waals surface area contributed by atoms with Crippen LogP contribution in [0.4, 0.5) is 76.5 Å². The maximum absolute atomic E-state index is 14.7. The highest BCUT2D eigenvalue weighted by atomic mass is 35.5. The number of β-amino-alcohol motifs (C(OH)–C–C–N with tert-alkyl or cyclic N) is 2. The third kappa shape index (κ3) is 11.8. The molecule has 8 rings (SSSR count). The molecule has 0 aliphatic carbocycles. The van der Waals surface area contributed by atoms with Crippen LogP contribution >= 0.6 is 23.2 Å². The normalized spacial score (nSPS) is 22.3. The van der Waals surface area contributed by atoms with E-state index in [0.29, 0.717) is 38.1 Å². The van der Waals surface area contributed by atoms with Crippen molar-refractivity contribution >= 4 is 70.1 Å². The Labute approximate surface area is 432 Å². The van der Waals surface area contributed by atoms with Crippen LogP contribution in [0.15, 0.2) is 48.5 Å². The van der Waals surface area contributed by atoms with Gasteiger partial charge in [0.05, 0.1) is 59.9 Å². The monoisotopic (exact) mass is 1110 g/mol. The molecule has 4 saturated heterocycles. The minimum absolute atomic E-state index is 0.0481. The van der Waals surface area contributed by atoms with Crippen molar-refractivity contribution in [1.82, 2.24) is 30.0 Å². The number of nitrogens with one attached hydrogen (secondary N) is 1. The molecule has 4 fully saturated rings. The van der Waals surface area contributed by atoms with Gasteiger partial charge < -0.3 is 40.0 Å². The van der Waals surface area contributed by atoms with Gasteiger partial charge >= 0.3 is 24.4 Å². The largest absolute Gasteiger partial charge is 0.416 e. The Balaban J connectivity index is 0.000000219. The number of benzene rings is 2. The predicted octanol–water partition coefficient (Wildman–Crippen LogP) is 7.02. The van der Waals surface area contributed by atoms with Crippen LogP contribution in [-0.2, 0) is 21.9 Å². The maximum Gasteiger partial charge on any atom is 0.416 e. The van der Waals surface area contributed by atoms with Crippen LogP contribution in [0.2, 0.25) is 10.0 Å². The Morgan fingerprint density at radius 2 is 1.12 bits per heavy atom. The van der Waals surface area contributed by atoms with Gasteiger partial charge in [0.15, 0.2) is 11.6 Å². The van der Waals surface area contributed by atoms with E-state index in [1.807, 2.05) is 4.90 Å². The zero-order chi connectivity index (χ0) is 55.4. The van der Waals surface area contributed by atoms with E-state index < -0.39 is 127 Å². The second-order valence-corrected chi connectivity index (χ2v) is 19.6. The van der Waals surface area contributed by atoms with Crippen LogP contribution < -0.4 is 24.9 Å². The lowest BCUT2D eigenvalue weighted by Crippen LogP contribution is -2.47. The molecular weight excluding hydrogens is 1060 g/mol. The number of hydrogen-bond donors (Lipinski definition) is 3. The quantitative estimate of drug-likeness (QED) is 0.111. The minimum atomic E-state index is -4.75. The summed E-state index contributed by atoms with van der Waals surface area (Å²) in [6, 6.07) is 2.02. The average Bonchev–Trinajstić information content (AvgIpc) is 4.09. The number of amides is 6. The first-order chi connectivity index (χ1) is 34.8. The van der Waals surface area contributed by atoms with E-state index in [4.69, 9.17) is 23.2 Å². The number of likely N-dealkylation sites (N-methyl/N-ethyl adjacent to an activating group) is 3. The van der Waals surface area contributed by atoms with Gasteiger partial charge in [-0.05, 0) is 88.8 Å². The second kappa shape index (κ2) is 21.2. The molecule has 75 heavy (non-hydrogen) atoms. The van der Waals surface area contributed by atoms with Crippen molar-refractivity contribution in [2.75, 3.05) is 93.1 Å². The third-order valence-electron chi connectivity index (χ3n) is 13.1. The average molecular weight is 1110 g/mol. The molecule has 2 aromatic heterocycles. The topological polar surface area (TPSA) is 169 Å². The fraction of sp³-hybridized carbons (Fsp3) is 0.447. The van der Waals surface area contributed by atoms with Gasteiger partial charge in [0, 0.05) is 45.1 Å². The van der Waals surface area contributed by atoms with E-state index in [0.717, 1.165) is 60.9 Å². The molecule has 6 heterocycles. The van der Waals surface area contributed by atoms with Crippen LogP contribution in [-0.4, -0.2) is 156 Å². The van der Waals surface area contributed by atoms with Gasteiger partial charge in [0.1, 0.15) is 45.4 Å². The lowest BCUT2D eigenvalue weighted by molar-refractivity contribution is -0.138. The van der Waals surface area contributed by atoms with E-state index in [2.05, 4.69) is 15.3 Å². The SMILES string of the molecule is Cc1cc(C(F)(F)F)cc(N2C(=O)N(CC3(O)CCN(C)C3)C[C@H]2C(=O)N(C)c2ccc(F)c(Cl)c2F)n1.Cc1cc(C(F)(F)F)cc(N2C(=O)N(CC3(O)CCNC3)C[C@H]2C(=O)N(C)c2ccc(F)c(Cl)c2F)n1. The summed E-state index contributed by atoms with van der Waals surface area (Å²) in [7, 11) is 4.12. The molecule has 4 atom stereocenters. The number of carbonyl (C=O) groups excluding carboxylic acids is 4. The summed E-state index contributed by atoms with van der Waals surface area (Å²) in [5.74, 6) is -7.15. The Bertz CT molecular complexity index is 2900. The smallest absolute Gasteiger partial charge is 0.387 e. The fourth-order valence-electron chi connectivity index (χ4n) is 9.34. The van der Waals surface area contributed by atoms with Crippen LogP contribution in [0, 0.1) is 37.1 Å². The minimum Gasteiger partial charge on any atom is -0.387 e. The molecule has 4 aromatic rings. The number of urea groups is 2. The first kappa shape index (κ1) is 56.7. The molecule has 2 aromatic carbocycles. The van der Waals surface area contributed by atoms with Gasteiger partial charge in [-0.25, -0.2) is 37.1 Å². The van der Waals surface area contributed by atoms with Gasteiger partial charge in [-0.15, -0.1) is 0 Å². The summed E-state index contributed by atoms with van der Waals surface area (Å²) < 4.78 is 138. The third-order valence-corrected chi connectivity index (χ3v) is 13.8. The molecule has 0 radical (unpaired) electrons. The summed E-state index contributed by atoms with van der Waals surface area (Å²) in [5, 5.41) is 23.1. The number of nitrogens with zero attached hydrogens (tertiary/aromatic N) is 9. The summed E-state index contributed by atoms with van der Waals surface area (Å²) in [6.45, 7) is 3.07. The number of alkyl halides is 6. The van der Waals surface area contributed by atoms with Crippen molar-refractivity contribution in [3.05, 3.63) is 104 Å². The van der Waals surface area contributed by atoms with Gasteiger partial charge in [-0.2, -0.15) is 26.3 Å². The molecule has 3 N–H and O–H groups in total. The Kier molecular flexibility index (Phi) is 16.0. The highest BCUT2D eigenvalue weighted by Gasteiger charge is 2.50. The van der Waals surface area contributed by atoms with Crippen molar-refractivity contribution in [2.45, 2.75) is 62.3 Å². The molecule has 4 aliphatic rings. The zero-order valence-electron chi connectivity index (χ0n) is 40.4. The number of halogens is 12. The molecule has 406 valence electrons. The van der Waals surface area contributed by atoms with Crippen LogP contribution in [0.3, 0.4) is 0 Å². The fourth-order valence-corrected chi connectivity index (χ4v) is 9.66. The van der Waals surface area contributed by atoms with E-state index in [9.17, 15) is 73.3 Å². The van der Waals surface area contributed by atoms with E-state index in [1.165, 1.54) is 32.8 Å². The molecular formula is C47H48Cl2F10N10O6. The maximum atomic E-state index is 14.7. The van der Waals surface area contributed by atoms with Crippen molar-refractivity contribution in [2.24, 2.45) is 0 Å². The number of likely N-dealkylation sites (tertiary alicyclic amines) is 1. The first-order valence-electron chi connectivity index (χ1n) is 22.8. The van der Waals surface area contributed by atoms with Crippen LogP contribution in [0.5, 0.6) is 0 Å². The Morgan fingerprint density at radius 3 is 1.48 bits per heavy atom. The Morgan fingerprint density at radius 1 is 0.707 bits per heavy atom. The number of aromatic nitrogens is 2. The number of anilines is 4. The van der Waals surface area contributed by atoms with Crippen LogP contribution in [0.25, 0.3) is 0 Å². The predicted molar refractivity (Wildman–Crippen MR) is 253 cm³/mol. The second-order valence-electron chi connectivity index (χ2n) is 18.9. The number of carbonyl (C=O) groups is 4. The van der Waals surface area contributed by atoms with Crippen molar-refractivity contribution < 1.29 is 73.3 Å². The first-order valence-corrected chi connectivity index (χ1v) is 23.5. The highest BCUT2D eigenvalue weighted by Crippen LogP contribution is 2.38. The highest BCUT2D eigenvalue weighted by molar-refractivity contribution is 6.31. The lowest BCUT2D eigenvalue weighted by Gasteiger charge is -2.28. The number of aryl methyl sites for hydroxylation is 2. The standard InChI is InChI=1S/C24H25ClF5N5O3.C23H23ClF5N5O3/c1-13-8-14(24(28,29)30)9-18(31-13)35-17(10-34(22(35)37)12-23(38)6-7-32(2)11-23)21(36)33(3)16-5-4-15(26)19(25)20(16)27;1-12-7-13(23(27,28)29)8-17(31-12)34-16(9-33(21(34)36)11-22(37)5-6-30-10-22)20(35)32(2)15-4-3-14(25)18(24)19(15)26/h4-5,8-9,17,38H,6-7,10-12H2,1-3H3;3-4,7-8,16,30,37H,5-6,9-11H2,1-2H3/t17-,23?;16-,22?/m00/s1. The zero-order valence-corrected chi connectivity index (χ0v) is 41.9. The Hall–Kier alpha value is -6.06. The van der Waals surface area contributed by atoms with Gasteiger partial charge in [0.25, 0.3) is 11.8 Å². The van der Waals surface area contributed by atoms with Gasteiger partial charge in [-0.1, -0.05) is 23.2 Å². The van der Waals surface area contributed by atoms with Gasteiger partial charge in [-0.3, -0.25) is 19.4 Å². The molecule has 16 nitrogen and oxygen atoms in total. The number of hydrogen-bond acceptors (Lipinski definition) is 10. The number of aliphatic hydroxyl groups is 2. The van der Waals surface area contributed by atoms with Crippen molar-refractivity contribution in [3.8, 4) is 0 Å². The number of pyridine rings is 2. The van der Waals surface area contributed by atoms with E-state index in [-0.39, 0.29) is 50.7 Å². The molecule has 0 saturated carbocycles. The molecule has 0 bridgehead atoms. The summed E-state index contributed by atoms with van der Waals surface area (Å²) >= 11 is 11.3. The molecule has 0 spiro atoms. The lowest BCUT2D eigenvalue weighted by atomic mass is 10.0. The van der Waals surface area contributed by atoms with E-state index >= 15 is 0 Å². The molecule has 2 unspecified atom stereocenters. The molecule has 28 heteroatoms. The molecule has 4 aliphatic heterocycles. The van der Waals surface area contributed by atoms with Crippen molar-refractivity contribution in [3.63, 3.8) is 0 Å². The van der Waals surface area contributed by atoms with Crippen LogP contribution in [0.1, 0.15) is 35.4 Å². The number of rotatable bonds is 10.